The Labute approximate surface area is 138 Å². The minimum Gasteiger partial charge on any atom is -0.388 e. The molecule has 0 saturated carbocycles. The molecule has 1 unspecified atom stereocenters. The summed E-state index contributed by atoms with van der Waals surface area (Å²) >= 11 is 0. The van der Waals surface area contributed by atoms with Gasteiger partial charge in [-0.25, -0.2) is 0 Å². The van der Waals surface area contributed by atoms with E-state index in [1.54, 1.807) is 0 Å². The quantitative estimate of drug-likeness (QED) is 0.751. The molecule has 2 rings (SSSR count). The van der Waals surface area contributed by atoms with Crippen LogP contribution < -0.4 is 10.6 Å². The van der Waals surface area contributed by atoms with Crippen molar-refractivity contribution in [2.24, 2.45) is 0 Å². The van der Waals surface area contributed by atoms with Gasteiger partial charge in [-0.3, -0.25) is 4.79 Å². The van der Waals surface area contributed by atoms with Crippen LogP contribution in [-0.4, -0.2) is 42.4 Å². The first-order valence-electron chi connectivity index (χ1n) is 8.29. The van der Waals surface area contributed by atoms with Crippen molar-refractivity contribution in [2.45, 2.75) is 51.7 Å². The van der Waals surface area contributed by atoms with Crippen LogP contribution in [0, 0.1) is 13.8 Å². The van der Waals surface area contributed by atoms with Gasteiger partial charge < -0.3 is 20.5 Å². The van der Waals surface area contributed by atoms with Crippen LogP contribution in [0.15, 0.2) is 18.2 Å². The van der Waals surface area contributed by atoms with Crippen molar-refractivity contribution in [1.82, 2.24) is 5.32 Å². The summed E-state index contributed by atoms with van der Waals surface area (Å²) in [7, 11) is 0. The van der Waals surface area contributed by atoms with E-state index in [2.05, 4.69) is 10.6 Å². The predicted molar refractivity (Wildman–Crippen MR) is 91.6 cm³/mol. The van der Waals surface area contributed by atoms with E-state index >= 15 is 0 Å². The monoisotopic (exact) mass is 320 g/mol. The molecule has 1 aromatic carbocycles. The van der Waals surface area contributed by atoms with E-state index in [9.17, 15) is 9.90 Å². The Kier molecular flexibility index (Phi) is 6.16. The smallest absolute Gasteiger partial charge is 0.225 e. The average molecular weight is 320 g/mol. The van der Waals surface area contributed by atoms with Gasteiger partial charge in [0.2, 0.25) is 5.91 Å². The highest BCUT2D eigenvalue weighted by Gasteiger charge is 2.29. The minimum atomic E-state index is -0.712. The lowest BCUT2D eigenvalue weighted by Gasteiger charge is -2.33. The van der Waals surface area contributed by atoms with Crippen LogP contribution in [-0.2, 0) is 9.53 Å². The molecule has 23 heavy (non-hydrogen) atoms. The first-order chi connectivity index (χ1) is 10.9. The number of hydrogen-bond acceptors (Lipinski definition) is 4. The van der Waals surface area contributed by atoms with Crippen molar-refractivity contribution >= 4 is 11.6 Å². The van der Waals surface area contributed by atoms with Crippen LogP contribution in [0.2, 0.25) is 0 Å². The van der Waals surface area contributed by atoms with Gasteiger partial charge in [0, 0.05) is 50.8 Å². The molecule has 5 nitrogen and oxygen atoms in total. The van der Waals surface area contributed by atoms with Crippen molar-refractivity contribution in [2.75, 3.05) is 25.1 Å². The number of carbonyl (C=O) groups excluding carboxylic acids is 1. The van der Waals surface area contributed by atoms with Gasteiger partial charge in [-0.2, -0.15) is 0 Å². The van der Waals surface area contributed by atoms with Gasteiger partial charge in [0.05, 0.1) is 5.60 Å². The Morgan fingerprint density at radius 3 is 2.74 bits per heavy atom. The fourth-order valence-electron chi connectivity index (χ4n) is 2.73. The molecule has 0 aromatic heterocycles. The summed E-state index contributed by atoms with van der Waals surface area (Å²) in [6.07, 6.45) is 1.66. The summed E-state index contributed by atoms with van der Waals surface area (Å²) in [5.41, 5.74) is 2.41. The highest BCUT2D eigenvalue weighted by Crippen LogP contribution is 2.20. The summed E-state index contributed by atoms with van der Waals surface area (Å²) in [5.74, 6) is -0.0160. The van der Waals surface area contributed by atoms with Crippen molar-refractivity contribution < 1.29 is 14.6 Å². The zero-order chi connectivity index (χ0) is 16.9. The number of anilines is 1. The normalized spacial score (nSPS) is 18.4. The lowest BCUT2D eigenvalue weighted by Crippen LogP contribution is -2.47. The van der Waals surface area contributed by atoms with E-state index in [0.717, 1.165) is 16.8 Å². The molecule has 128 valence electrons. The fraction of sp³-hybridized carbons (Fsp3) is 0.611. The Hall–Kier alpha value is -1.43. The molecule has 1 heterocycles. The van der Waals surface area contributed by atoms with Gasteiger partial charge in [0.15, 0.2) is 0 Å². The van der Waals surface area contributed by atoms with Crippen LogP contribution >= 0.6 is 0 Å². The number of carbonyl (C=O) groups is 1. The molecule has 0 radical (unpaired) electrons. The summed E-state index contributed by atoms with van der Waals surface area (Å²) in [5, 5.41) is 16.7. The van der Waals surface area contributed by atoms with E-state index in [1.807, 2.05) is 39.0 Å². The van der Waals surface area contributed by atoms with Crippen molar-refractivity contribution in [3.63, 3.8) is 0 Å². The molecule has 1 amide bonds. The highest BCUT2D eigenvalue weighted by atomic mass is 16.5. The third-order valence-corrected chi connectivity index (χ3v) is 4.57. The van der Waals surface area contributed by atoms with Crippen LogP contribution in [0.25, 0.3) is 0 Å². The number of ether oxygens (including phenoxy) is 1. The Morgan fingerprint density at radius 2 is 2.04 bits per heavy atom. The molecule has 3 N–H and O–H groups in total. The molecule has 1 atom stereocenters. The standard InChI is InChI=1S/C18H28N2O3/c1-13-5-4-6-16(15(13)3)20-17(21)11-14(2)19-12-18(22)7-9-23-10-8-18/h4-6,14,19,22H,7-12H2,1-3H3,(H,20,21). The topological polar surface area (TPSA) is 70.6 Å². The van der Waals surface area contributed by atoms with Gasteiger partial charge in [-0.05, 0) is 38.0 Å². The van der Waals surface area contributed by atoms with E-state index < -0.39 is 5.60 Å². The molecule has 5 heteroatoms. The van der Waals surface area contributed by atoms with Crippen molar-refractivity contribution in [3.8, 4) is 0 Å². The second kappa shape index (κ2) is 7.90. The third-order valence-electron chi connectivity index (χ3n) is 4.57. The van der Waals surface area contributed by atoms with Gasteiger partial charge in [0.25, 0.3) is 0 Å². The molecule has 1 aliphatic heterocycles. The molecule has 0 spiro atoms. The molecular formula is C18H28N2O3. The van der Waals surface area contributed by atoms with Gasteiger partial charge >= 0.3 is 0 Å². The van der Waals surface area contributed by atoms with E-state index in [4.69, 9.17) is 4.74 Å². The van der Waals surface area contributed by atoms with E-state index in [-0.39, 0.29) is 11.9 Å². The number of amides is 1. The van der Waals surface area contributed by atoms with Crippen LogP contribution in [0.1, 0.15) is 37.3 Å². The number of hydrogen-bond donors (Lipinski definition) is 3. The molecule has 1 fully saturated rings. The van der Waals surface area contributed by atoms with E-state index in [1.165, 1.54) is 0 Å². The fourth-order valence-corrected chi connectivity index (χ4v) is 2.73. The first-order valence-corrected chi connectivity index (χ1v) is 8.29. The molecule has 1 aliphatic rings. The van der Waals surface area contributed by atoms with Crippen molar-refractivity contribution in [3.05, 3.63) is 29.3 Å². The molecule has 1 aromatic rings. The minimum absolute atomic E-state index is 0.00647. The second-order valence-electron chi connectivity index (χ2n) is 6.62. The molecule has 0 aliphatic carbocycles. The average Bonchev–Trinajstić information content (AvgIpc) is 2.51. The summed E-state index contributed by atoms with van der Waals surface area (Å²) in [6, 6.07) is 5.90. The highest BCUT2D eigenvalue weighted by molar-refractivity contribution is 5.92. The molecule has 1 saturated heterocycles. The summed E-state index contributed by atoms with van der Waals surface area (Å²) < 4.78 is 5.27. The maximum absolute atomic E-state index is 12.2. The third kappa shape index (κ3) is 5.30. The lowest BCUT2D eigenvalue weighted by atomic mass is 9.94. The predicted octanol–water partition coefficient (Wildman–Crippen LogP) is 2.15. The summed E-state index contributed by atoms with van der Waals surface area (Å²) in [4.78, 5) is 12.2. The van der Waals surface area contributed by atoms with Crippen LogP contribution in [0.3, 0.4) is 0 Å². The SMILES string of the molecule is Cc1cccc(NC(=O)CC(C)NCC2(O)CCOCC2)c1C. The number of aryl methyl sites for hydroxylation is 1. The van der Waals surface area contributed by atoms with Crippen molar-refractivity contribution in [1.29, 1.82) is 0 Å². The molecule has 0 bridgehead atoms. The Balaban J connectivity index is 1.79. The largest absolute Gasteiger partial charge is 0.388 e. The summed E-state index contributed by atoms with van der Waals surface area (Å²) in [6.45, 7) is 7.69. The lowest BCUT2D eigenvalue weighted by molar-refractivity contribution is -0.116. The number of aliphatic hydroxyl groups is 1. The second-order valence-corrected chi connectivity index (χ2v) is 6.62. The van der Waals surface area contributed by atoms with Crippen LogP contribution in [0.5, 0.6) is 0 Å². The van der Waals surface area contributed by atoms with E-state index in [0.29, 0.717) is 39.0 Å². The Bertz CT molecular complexity index is 539. The van der Waals surface area contributed by atoms with Gasteiger partial charge in [0.1, 0.15) is 0 Å². The van der Waals surface area contributed by atoms with Gasteiger partial charge in [-0.15, -0.1) is 0 Å². The number of nitrogens with one attached hydrogen (secondary N) is 2. The Morgan fingerprint density at radius 1 is 1.35 bits per heavy atom. The molecular weight excluding hydrogens is 292 g/mol. The maximum Gasteiger partial charge on any atom is 0.225 e. The number of rotatable bonds is 6. The van der Waals surface area contributed by atoms with Crippen LogP contribution in [0.4, 0.5) is 5.69 Å². The number of benzene rings is 1. The van der Waals surface area contributed by atoms with Gasteiger partial charge in [-0.1, -0.05) is 12.1 Å². The zero-order valence-electron chi connectivity index (χ0n) is 14.3. The maximum atomic E-state index is 12.2. The first kappa shape index (κ1) is 17.9. The zero-order valence-corrected chi connectivity index (χ0v) is 14.3.